The molecule has 1 aliphatic carbocycles. The van der Waals surface area contributed by atoms with Crippen LogP contribution in [-0.4, -0.2) is 10.0 Å². The maximum Gasteiger partial charge on any atom is 0.269 e. The fraction of sp³-hybridized carbons (Fsp3) is 0.200. The zero-order chi connectivity index (χ0) is 14.1. The number of benzene rings is 2. The maximum absolute atomic E-state index is 10.6. The number of hydrogen-bond donors (Lipinski definition) is 1. The smallest absolute Gasteiger partial charge is 0.269 e. The number of nitro benzene ring substituents is 1. The van der Waals surface area contributed by atoms with Crippen molar-refractivity contribution in [3.05, 3.63) is 75.3 Å². The number of rotatable bonds is 4. The molecule has 3 rings (SSSR count). The summed E-state index contributed by atoms with van der Waals surface area (Å²) >= 11 is 0. The van der Waals surface area contributed by atoms with Crippen molar-refractivity contribution in [2.75, 3.05) is 0 Å². The lowest BCUT2D eigenvalue weighted by Gasteiger charge is -2.31. The van der Waals surface area contributed by atoms with Crippen LogP contribution in [0.5, 0.6) is 0 Å². The van der Waals surface area contributed by atoms with E-state index in [0.717, 1.165) is 12.0 Å². The molecule has 20 heavy (non-hydrogen) atoms. The molecular weight excluding hydrogens is 258 g/mol. The highest BCUT2D eigenvalue weighted by Crippen LogP contribution is 2.38. The standard InChI is InChI=1S/C15H13NO4/c17-15(10-5-7-12(8-6-10)16(18)19)20-14-9-11-3-1-2-4-13(11)14/h1-8,14-15,17H,9H2. The Balaban J connectivity index is 1.68. The van der Waals surface area contributed by atoms with Gasteiger partial charge in [0.1, 0.15) is 0 Å². The molecule has 0 saturated carbocycles. The van der Waals surface area contributed by atoms with Crippen molar-refractivity contribution < 1.29 is 14.8 Å². The number of ether oxygens (including phenoxy) is 1. The number of nitrogens with zero attached hydrogens (tertiary/aromatic N) is 1. The molecule has 0 bridgehead atoms. The number of hydrogen-bond acceptors (Lipinski definition) is 4. The topological polar surface area (TPSA) is 72.6 Å². The van der Waals surface area contributed by atoms with E-state index < -0.39 is 11.2 Å². The van der Waals surface area contributed by atoms with Crippen molar-refractivity contribution >= 4 is 5.69 Å². The molecule has 0 amide bonds. The molecule has 2 atom stereocenters. The third-order valence-corrected chi connectivity index (χ3v) is 3.49. The lowest BCUT2D eigenvalue weighted by atomic mass is 9.85. The Morgan fingerprint density at radius 2 is 1.90 bits per heavy atom. The summed E-state index contributed by atoms with van der Waals surface area (Å²) in [5.41, 5.74) is 2.83. The van der Waals surface area contributed by atoms with Crippen molar-refractivity contribution in [3.63, 3.8) is 0 Å². The van der Waals surface area contributed by atoms with Crippen molar-refractivity contribution in [1.29, 1.82) is 0 Å². The summed E-state index contributed by atoms with van der Waals surface area (Å²) in [6, 6.07) is 13.7. The van der Waals surface area contributed by atoms with Crippen LogP contribution in [0.4, 0.5) is 5.69 Å². The van der Waals surface area contributed by atoms with Crippen molar-refractivity contribution in [1.82, 2.24) is 0 Å². The second kappa shape index (κ2) is 5.03. The van der Waals surface area contributed by atoms with Crippen LogP contribution >= 0.6 is 0 Å². The molecule has 0 fully saturated rings. The predicted molar refractivity (Wildman–Crippen MR) is 72.0 cm³/mol. The number of fused-ring (bicyclic) bond motifs is 1. The molecular formula is C15H13NO4. The molecule has 0 heterocycles. The first-order valence-electron chi connectivity index (χ1n) is 6.31. The van der Waals surface area contributed by atoms with Gasteiger partial charge in [0.2, 0.25) is 0 Å². The predicted octanol–water partition coefficient (Wildman–Crippen LogP) is 2.90. The first kappa shape index (κ1) is 12.8. The van der Waals surface area contributed by atoms with Gasteiger partial charge < -0.3 is 9.84 Å². The summed E-state index contributed by atoms with van der Waals surface area (Å²) in [4.78, 5) is 10.1. The molecule has 2 aromatic carbocycles. The Morgan fingerprint density at radius 1 is 1.20 bits per heavy atom. The minimum Gasteiger partial charge on any atom is -0.364 e. The van der Waals surface area contributed by atoms with Gasteiger partial charge >= 0.3 is 0 Å². The highest BCUT2D eigenvalue weighted by Gasteiger charge is 2.28. The second-order valence-corrected chi connectivity index (χ2v) is 4.73. The SMILES string of the molecule is O=[N+]([O-])c1ccc(C(O)OC2Cc3ccccc32)cc1. The van der Waals surface area contributed by atoms with Gasteiger partial charge in [-0.25, -0.2) is 0 Å². The van der Waals surface area contributed by atoms with Crippen LogP contribution in [0.1, 0.15) is 29.1 Å². The average molecular weight is 271 g/mol. The van der Waals surface area contributed by atoms with Crippen molar-refractivity contribution in [3.8, 4) is 0 Å². The van der Waals surface area contributed by atoms with E-state index in [9.17, 15) is 15.2 Å². The molecule has 5 heteroatoms. The van der Waals surface area contributed by atoms with Crippen LogP contribution in [0.25, 0.3) is 0 Å². The highest BCUT2D eigenvalue weighted by molar-refractivity contribution is 5.38. The van der Waals surface area contributed by atoms with Crippen LogP contribution in [-0.2, 0) is 11.2 Å². The molecule has 0 radical (unpaired) electrons. The number of nitro groups is 1. The Kier molecular flexibility index (Phi) is 3.22. The number of aliphatic hydroxyl groups is 1. The largest absolute Gasteiger partial charge is 0.364 e. The molecule has 0 aliphatic heterocycles. The van der Waals surface area contributed by atoms with Gasteiger partial charge in [0.05, 0.1) is 11.0 Å². The fourth-order valence-electron chi connectivity index (χ4n) is 2.33. The maximum atomic E-state index is 10.6. The van der Waals surface area contributed by atoms with E-state index in [-0.39, 0.29) is 11.8 Å². The summed E-state index contributed by atoms with van der Waals surface area (Å²) in [6.07, 6.45) is -0.411. The fourth-order valence-corrected chi connectivity index (χ4v) is 2.33. The van der Waals surface area contributed by atoms with Crippen LogP contribution in [0.15, 0.2) is 48.5 Å². The quantitative estimate of drug-likeness (QED) is 0.527. The minimum atomic E-state index is -1.07. The first-order valence-corrected chi connectivity index (χ1v) is 6.31. The van der Waals surface area contributed by atoms with Gasteiger partial charge in [0, 0.05) is 24.1 Å². The third kappa shape index (κ3) is 2.29. The Morgan fingerprint density at radius 3 is 2.55 bits per heavy atom. The van der Waals surface area contributed by atoms with E-state index in [1.165, 1.54) is 29.8 Å². The Hall–Kier alpha value is -2.24. The van der Waals surface area contributed by atoms with E-state index in [1.807, 2.05) is 24.3 Å². The Bertz CT molecular complexity index is 639. The van der Waals surface area contributed by atoms with E-state index >= 15 is 0 Å². The van der Waals surface area contributed by atoms with Crippen LogP contribution in [0, 0.1) is 10.1 Å². The lowest BCUT2D eigenvalue weighted by molar-refractivity contribution is -0.384. The summed E-state index contributed by atoms with van der Waals surface area (Å²) in [5.74, 6) is 0. The zero-order valence-electron chi connectivity index (χ0n) is 10.6. The summed E-state index contributed by atoms with van der Waals surface area (Å²) in [5, 5.41) is 20.6. The van der Waals surface area contributed by atoms with Gasteiger partial charge in [0.25, 0.3) is 5.69 Å². The van der Waals surface area contributed by atoms with E-state index in [1.54, 1.807) is 0 Å². The monoisotopic (exact) mass is 271 g/mol. The zero-order valence-corrected chi connectivity index (χ0v) is 10.6. The van der Waals surface area contributed by atoms with Crippen LogP contribution < -0.4 is 0 Å². The Labute approximate surface area is 115 Å². The molecule has 0 aromatic heterocycles. The molecule has 0 saturated heterocycles. The highest BCUT2D eigenvalue weighted by atomic mass is 16.6. The van der Waals surface area contributed by atoms with Gasteiger partial charge in [-0.1, -0.05) is 24.3 Å². The number of non-ortho nitro benzene ring substituents is 1. The second-order valence-electron chi connectivity index (χ2n) is 4.73. The summed E-state index contributed by atoms with van der Waals surface area (Å²) in [7, 11) is 0. The van der Waals surface area contributed by atoms with Gasteiger partial charge in [0.15, 0.2) is 6.29 Å². The molecule has 1 aliphatic rings. The first-order chi connectivity index (χ1) is 9.65. The molecule has 1 N–H and O–H groups in total. The van der Waals surface area contributed by atoms with E-state index in [2.05, 4.69) is 0 Å². The van der Waals surface area contributed by atoms with Crippen LogP contribution in [0.2, 0.25) is 0 Å². The molecule has 5 nitrogen and oxygen atoms in total. The summed E-state index contributed by atoms with van der Waals surface area (Å²) in [6.45, 7) is 0. The van der Waals surface area contributed by atoms with Gasteiger partial charge in [-0.15, -0.1) is 0 Å². The van der Waals surface area contributed by atoms with Crippen molar-refractivity contribution in [2.24, 2.45) is 0 Å². The number of aliphatic hydroxyl groups excluding tert-OH is 1. The van der Waals surface area contributed by atoms with E-state index in [4.69, 9.17) is 4.74 Å². The van der Waals surface area contributed by atoms with Crippen molar-refractivity contribution in [2.45, 2.75) is 18.8 Å². The van der Waals surface area contributed by atoms with Gasteiger partial charge in [-0.3, -0.25) is 10.1 Å². The molecule has 102 valence electrons. The normalized spacial score (nSPS) is 17.9. The summed E-state index contributed by atoms with van der Waals surface area (Å²) < 4.78 is 5.58. The van der Waals surface area contributed by atoms with Gasteiger partial charge in [-0.05, 0) is 23.3 Å². The van der Waals surface area contributed by atoms with E-state index in [0.29, 0.717) is 5.56 Å². The molecule has 0 spiro atoms. The minimum absolute atomic E-state index is 0.00469. The average Bonchev–Trinajstić information content (AvgIpc) is 2.44. The lowest BCUT2D eigenvalue weighted by Crippen LogP contribution is -2.21. The molecule has 2 unspecified atom stereocenters. The third-order valence-electron chi connectivity index (χ3n) is 3.49. The van der Waals surface area contributed by atoms with Crippen LogP contribution in [0.3, 0.4) is 0 Å². The molecule has 2 aromatic rings. The van der Waals surface area contributed by atoms with Gasteiger partial charge in [-0.2, -0.15) is 0 Å².